The Bertz CT molecular complexity index is 1650. The molecular weight excluding hydrogens is 589 g/mol. The van der Waals surface area contributed by atoms with Gasteiger partial charge in [-0.1, -0.05) is 74.5 Å². The third-order valence-electron chi connectivity index (χ3n) is 7.24. The van der Waals surface area contributed by atoms with Crippen LogP contribution in [0.3, 0.4) is 0 Å². The molecule has 8 nitrogen and oxygen atoms in total. The Kier molecular flexibility index (Phi) is 9.48. The molecule has 1 atom stereocenters. The Morgan fingerprint density at radius 3 is 2.50 bits per heavy atom. The second kappa shape index (κ2) is 13.5. The van der Waals surface area contributed by atoms with E-state index in [2.05, 4.69) is 27.3 Å². The van der Waals surface area contributed by atoms with Gasteiger partial charge in [-0.3, -0.25) is 9.69 Å². The summed E-state index contributed by atoms with van der Waals surface area (Å²) in [5.41, 5.74) is 3.27. The number of thioether (sulfide) groups is 1. The molecule has 1 aliphatic heterocycles. The van der Waals surface area contributed by atoms with Gasteiger partial charge in [0.05, 0.1) is 22.7 Å². The molecule has 1 saturated heterocycles. The molecule has 12 heteroatoms. The molecule has 3 amide bonds. The summed E-state index contributed by atoms with van der Waals surface area (Å²) < 4.78 is 40.0. The number of aryl methyl sites for hydroxylation is 1. The van der Waals surface area contributed by atoms with Crippen molar-refractivity contribution in [1.29, 1.82) is 0 Å². The van der Waals surface area contributed by atoms with E-state index in [1.54, 1.807) is 4.90 Å². The van der Waals surface area contributed by atoms with Crippen LogP contribution in [0.2, 0.25) is 0 Å². The number of unbranched alkanes of at least 4 members (excludes halogenated alkanes) is 1. The van der Waals surface area contributed by atoms with Crippen LogP contribution in [0.15, 0.2) is 84.1 Å². The largest absolute Gasteiger partial charge is 0.416 e. The lowest BCUT2D eigenvalue weighted by Gasteiger charge is -2.20. The molecule has 0 bridgehead atoms. The van der Waals surface area contributed by atoms with E-state index in [-0.39, 0.29) is 17.6 Å². The van der Waals surface area contributed by atoms with Gasteiger partial charge in [-0.25, -0.2) is 14.5 Å². The SMILES string of the molecule is CCCCc1ccccc1N1C(=O)CSC1=NC(=O)NCC(C)c1ccc(-c2ncn(-c3ccc(C(F)(F)F)cc3)n2)cc1. The summed E-state index contributed by atoms with van der Waals surface area (Å²) in [6.45, 7) is 4.43. The number of para-hydroxylation sites is 1. The zero-order chi connectivity index (χ0) is 31.3. The molecule has 1 N–H and O–H groups in total. The van der Waals surface area contributed by atoms with Crippen molar-refractivity contribution in [3.05, 3.63) is 95.8 Å². The van der Waals surface area contributed by atoms with Crippen molar-refractivity contribution < 1.29 is 22.8 Å². The zero-order valence-electron chi connectivity index (χ0n) is 24.2. The number of carbonyl (C=O) groups is 2. The van der Waals surface area contributed by atoms with Crippen molar-refractivity contribution in [2.24, 2.45) is 4.99 Å². The summed E-state index contributed by atoms with van der Waals surface area (Å²) in [4.78, 5) is 35.6. The molecular formula is C32H31F3N6O2S. The Balaban J connectivity index is 1.20. The van der Waals surface area contributed by atoms with Gasteiger partial charge in [-0.05, 0) is 60.2 Å². The third-order valence-corrected chi connectivity index (χ3v) is 8.17. The Morgan fingerprint density at radius 1 is 1.07 bits per heavy atom. The molecule has 1 fully saturated rings. The molecule has 1 unspecified atom stereocenters. The van der Waals surface area contributed by atoms with Crippen LogP contribution in [0.1, 0.15) is 49.3 Å². The number of amides is 3. The maximum Gasteiger partial charge on any atom is 0.416 e. The van der Waals surface area contributed by atoms with Gasteiger partial charge in [-0.2, -0.15) is 18.2 Å². The van der Waals surface area contributed by atoms with Crippen LogP contribution in [0, 0.1) is 0 Å². The van der Waals surface area contributed by atoms with Crippen molar-refractivity contribution in [3.8, 4) is 17.1 Å². The number of nitrogens with zero attached hydrogens (tertiary/aromatic N) is 5. The number of rotatable bonds is 9. The highest BCUT2D eigenvalue weighted by atomic mass is 32.2. The van der Waals surface area contributed by atoms with Crippen molar-refractivity contribution in [3.63, 3.8) is 0 Å². The molecule has 1 aromatic heterocycles. The monoisotopic (exact) mass is 620 g/mol. The molecule has 4 aromatic rings. The quantitative estimate of drug-likeness (QED) is 0.213. The van der Waals surface area contributed by atoms with Gasteiger partial charge >= 0.3 is 12.2 Å². The number of aliphatic imine (C=N–C) groups is 1. The van der Waals surface area contributed by atoms with Gasteiger partial charge in [0.25, 0.3) is 0 Å². The van der Waals surface area contributed by atoms with E-state index < -0.39 is 17.8 Å². The first-order chi connectivity index (χ1) is 21.1. The number of urea groups is 1. The summed E-state index contributed by atoms with van der Waals surface area (Å²) in [6, 6.07) is 19.5. The first-order valence-electron chi connectivity index (χ1n) is 14.2. The van der Waals surface area contributed by atoms with E-state index >= 15 is 0 Å². The van der Waals surface area contributed by atoms with E-state index in [0.29, 0.717) is 23.2 Å². The third kappa shape index (κ3) is 7.19. The minimum absolute atomic E-state index is 0.0328. The van der Waals surface area contributed by atoms with Gasteiger partial charge in [-0.15, -0.1) is 5.10 Å². The first kappa shape index (κ1) is 31.0. The number of hydrogen-bond acceptors (Lipinski definition) is 5. The smallest absolute Gasteiger partial charge is 0.336 e. The van der Waals surface area contributed by atoms with E-state index in [1.807, 2.05) is 55.5 Å². The van der Waals surface area contributed by atoms with Gasteiger partial charge in [0.15, 0.2) is 11.0 Å². The molecule has 0 spiro atoms. The van der Waals surface area contributed by atoms with Crippen LogP contribution >= 0.6 is 11.8 Å². The average molecular weight is 621 g/mol. The number of aromatic nitrogens is 3. The topological polar surface area (TPSA) is 92.5 Å². The van der Waals surface area contributed by atoms with E-state index in [4.69, 9.17) is 0 Å². The van der Waals surface area contributed by atoms with Crippen molar-refractivity contribution in [2.45, 2.75) is 45.2 Å². The van der Waals surface area contributed by atoms with Crippen molar-refractivity contribution in [2.75, 3.05) is 17.2 Å². The zero-order valence-corrected chi connectivity index (χ0v) is 25.0. The van der Waals surface area contributed by atoms with Crippen LogP contribution in [0.4, 0.5) is 23.7 Å². The lowest BCUT2D eigenvalue weighted by molar-refractivity contribution is -0.137. The van der Waals surface area contributed by atoms with Crippen LogP contribution < -0.4 is 10.2 Å². The number of nitrogens with one attached hydrogen (secondary N) is 1. The van der Waals surface area contributed by atoms with Gasteiger partial charge < -0.3 is 5.32 Å². The maximum absolute atomic E-state index is 12.9. The summed E-state index contributed by atoms with van der Waals surface area (Å²) in [5, 5.41) is 7.62. The number of halogens is 3. The summed E-state index contributed by atoms with van der Waals surface area (Å²) >= 11 is 1.25. The molecule has 2 heterocycles. The average Bonchev–Trinajstić information content (AvgIpc) is 3.66. The molecule has 1 aliphatic rings. The fraction of sp³-hybridized carbons (Fsp3) is 0.281. The summed E-state index contributed by atoms with van der Waals surface area (Å²) in [7, 11) is 0. The highest BCUT2D eigenvalue weighted by molar-refractivity contribution is 8.15. The first-order valence-corrected chi connectivity index (χ1v) is 15.2. The lowest BCUT2D eigenvalue weighted by Crippen LogP contribution is -2.32. The maximum atomic E-state index is 12.9. The highest BCUT2D eigenvalue weighted by Gasteiger charge is 2.32. The molecule has 0 aliphatic carbocycles. The minimum Gasteiger partial charge on any atom is -0.336 e. The van der Waals surface area contributed by atoms with Crippen molar-refractivity contribution in [1.82, 2.24) is 20.1 Å². The van der Waals surface area contributed by atoms with Crippen LogP contribution in [0.25, 0.3) is 17.1 Å². The normalized spacial score (nSPS) is 15.2. The molecule has 228 valence electrons. The fourth-order valence-corrected chi connectivity index (χ4v) is 5.62. The van der Waals surface area contributed by atoms with Gasteiger partial charge in [0, 0.05) is 12.1 Å². The van der Waals surface area contributed by atoms with E-state index in [0.717, 1.165) is 53.8 Å². The number of benzene rings is 3. The van der Waals surface area contributed by atoms with Gasteiger partial charge in [0.1, 0.15) is 6.33 Å². The minimum atomic E-state index is -4.40. The van der Waals surface area contributed by atoms with Crippen molar-refractivity contribution >= 4 is 34.6 Å². The number of hydrogen-bond donors (Lipinski definition) is 1. The second-order valence-electron chi connectivity index (χ2n) is 10.4. The highest BCUT2D eigenvalue weighted by Crippen LogP contribution is 2.31. The fourth-order valence-electron chi connectivity index (χ4n) is 4.76. The van der Waals surface area contributed by atoms with Crippen LogP contribution in [-0.4, -0.2) is 44.2 Å². The molecule has 5 rings (SSSR count). The number of anilines is 1. The molecule has 44 heavy (non-hydrogen) atoms. The second-order valence-corrected chi connectivity index (χ2v) is 11.4. The Labute approximate surface area is 257 Å². The lowest BCUT2D eigenvalue weighted by atomic mass is 10.00. The molecule has 0 saturated carbocycles. The van der Waals surface area contributed by atoms with E-state index in [1.165, 1.54) is 34.9 Å². The molecule has 3 aromatic carbocycles. The van der Waals surface area contributed by atoms with Crippen LogP contribution in [0.5, 0.6) is 0 Å². The Morgan fingerprint density at radius 2 is 1.80 bits per heavy atom. The number of carbonyl (C=O) groups excluding carboxylic acids is 2. The summed E-state index contributed by atoms with van der Waals surface area (Å²) in [6.07, 6.45) is -0.0751. The van der Waals surface area contributed by atoms with Gasteiger partial charge in [0.2, 0.25) is 5.91 Å². The predicted molar refractivity (Wildman–Crippen MR) is 166 cm³/mol. The Hall–Kier alpha value is -4.45. The van der Waals surface area contributed by atoms with E-state index in [9.17, 15) is 22.8 Å². The molecule has 0 radical (unpaired) electrons. The summed E-state index contributed by atoms with van der Waals surface area (Å²) in [5.74, 6) is 0.527. The predicted octanol–water partition coefficient (Wildman–Crippen LogP) is 7.24. The standard InChI is InChI=1S/C32H31F3N6O2S/c1-3-4-7-23-8-5-6-9-27(23)41-28(42)19-44-31(41)38-30(43)36-18-21(2)22-10-12-24(13-11-22)29-37-20-40(39-29)26-16-14-25(15-17-26)32(33,34)35/h5-6,8-17,20-21H,3-4,7,18-19H2,1-2H3,(H,36,43). The number of amidine groups is 1. The van der Waals surface area contributed by atoms with Crippen LogP contribution in [-0.2, 0) is 17.4 Å². The number of alkyl halides is 3.